The average molecular weight is 290 g/mol. The van der Waals surface area contributed by atoms with E-state index in [9.17, 15) is 4.79 Å². The first-order valence-corrected chi connectivity index (χ1v) is 7.73. The number of ether oxygens (including phenoxy) is 1. The normalized spacial score (nSPS) is 17.6. The molecule has 1 N–H and O–H groups in total. The Balaban J connectivity index is 1.82. The van der Waals surface area contributed by atoms with E-state index in [0.29, 0.717) is 12.1 Å². The zero-order chi connectivity index (χ0) is 15.2. The summed E-state index contributed by atoms with van der Waals surface area (Å²) in [5, 5.41) is 3.68. The highest BCUT2D eigenvalue weighted by Crippen LogP contribution is 2.19. The summed E-state index contributed by atoms with van der Waals surface area (Å²) < 4.78 is 5.40. The van der Waals surface area contributed by atoms with Gasteiger partial charge in [0.2, 0.25) is 5.91 Å². The fourth-order valence-electron chi connectivity index (χ4n) is 3.02. The minimum absolute atomic E-state index is 0.190. The molecular weight excluding hydrogens is 264 g/mol. The molecule has 1 atom stereocenters. The number of methoxy groups -OCH3 is 1. The quantitative estimate of drug-likeness (QED) is 0.904. The van der Waals surface area contributed by atoms with Crippen molar-refractivity contribution < 1.29 is 9.53 Å². The van der Waals surface area contributed by atoms with E-state index in [1.54, 1.807) is 14.0 Å². The Morgan fingerprint density at radius 2 is 2.05 bits per heavy atom. The zero-order valence-corrected chi connectivity index (χ0v) is 13.3. The molecule has 0 radical (unpaired) electrons. The first-order chi connectivity index (χ1) is 10.1. The number of likely N-dealkylation sites (tertiary alicyclic amines) is 1. The predicted molar refractivity (Wildman–Crippen MR) is 84.6 cm³/mol. The molecule has 0 aliphatic carbocycles. The lowest BCUT2D eigenvalue weighted by atomic mass is 10.0. The van der Waals surface area contributed by atoms with Gasteiger partial charge in [0.25, 0.3) is 0 Å². The van der Waals surface area contributed by atoms with Crippen molar-refractivity contribution in [2.75, 3.05) is 20.2 Å². The van der Waals surface area contributed by atoms with Crippen LogP contribution in [0.2, 0.25) is 0 Å². The first-order valence-electron chi connectivity index (χ1n) is 7.73. The summed E-state index contributed by atoms with van der Waals surface area (Å²) in [6.45, 7) is 5.60. The molecule has 0 bridgehead atoms. The molecule has 1 heterocycles. The molecule has 116 valence electrons. The Labute approximate surface area is 127 Å². The summed E-state index contributed by atoms with van der Waals surface area (Å²) in [5.41, 5.74) is 1.24. The molecule has 0 spiro atoms. The van der Waals surface area contributed by atoms with Gasteiger partial charge in [0.15, 0.2) is 0 Å². The van der Waals surface area contributed by atoms with Crippen LogP contribution in [0.3, 0.4) is 0 Å². The first kappa shape index (κ1) is 15.8. The van der Waals surface area contributed by atoms with E-state index in [4.69, 9.17) is 4.74 Å². The molecule has 4 nitrogen and oxygen atoms in total. The molecule has 4 heteroatoms. The van der Waals surface area contributed by atoms with Crippen LogP contribution in [0, 0.1) is 0 Å². The van der Waals surface area contributed by atoms with Gasteiger partial charge < -0.3 is 15.0 Å². The van der Waals surface area contributed by atoms with E-state index in [-0.39, 0.29) is 5.91 Å². The SMILES string of the molecule is COc1ccccc1CC(C)NC1CCN(C(C)=O)CC1. The Morgan fingerprint density at radius 1 is 1.38 bits per heavy atom. The smallest absolute Gasteiger partial charge is 0.219 e. The highest BCUT2D eigenvalue weighted by Gasteiger charge is 2.21. The molecule has 0 aromatic heterocycles. The van der Waals surface area contributed by atoms with Crippen molar-refractivity contribution in [2.24, 2.45) is 0 Å². The van der Waals surface area contributed by atoms with Gasteiger partial charge in [-0.15, -0.1) is 0 Å². The van der Waals surface area contributed by atoms with Gasteiger partial charge in [-0.3, -0.25) is 4.79 Å². The highest BCUT2D eigenvalue weighted by molar-refractivity contribution is 5.73. The van der Waals surface area contributed by atoms with Crippen LogP contribution in [0.5, 0.6) is 5.75 Å². The van der Waals surface area contributed by atoms with Gasteiger partial charge in [0.05, 0.1) is 7.11 Å². The van der Waals surface area contributed by atoms with Crippen LogP contribution in [-0.2, 0) is 11.2 Å². The summed E-state index contributed by atoms with van der Waals surface area (Å²) in [5.74, 6) is 1.15. The number of nitrogens with zero attached hydrogens (tertiary/aromatic N) is 1. The van der Waals surface area contributed by atoms with E-state index in [1.807, 2.05) is 17.0 Å². The highest BCUT2D eigenvalue weighted by atomic mass is 16.5. The van der Waals surface area contributed by atoms with Gasteiger partial charge in [-0.2, -0.15) is 0 Å². The number of rotatable bonds is 5. The van der Waals surface area contributed by atoms with Gasteiger partial charge in [-0.25, -0.2) is 0 Å². The van der Waals surface area contributed by atoms with E-state index < -0.39 is 0 Å². The van der Waals surface area contributed by atoms with Crippen molar-refractivity contribution in [3.63, 3.8) is 0 Å². The maximum atomic E-state index is 11.3. The van der Waals surface area contributed by atoms with Crippen molar-refractivity contribution in [3.8, 4) is 5.75 Å². The van der Waals surface area contributed by atoms with Gasteiger partial charge in [0, 0.05) is 32.1 Å². The predicted octanol–water partition coefficient (Wildman–Crippen LogP) is 2.23. The van der Waals surface area contributed by atoms with E-state index in [2.05, 4.69) is 24.4 Å². The summed E-state index contributed by atoms with van der Waals surface area (Å²) in [4.78, 5) is 13.3. The van der Waals surface area contributed by atoms with Crippen molar-refractivity contribution in [1.82, 2.24) is 10.2 Å². The summed E-state index contributed by atoms with van der Waals surface area (Å²) >= 11 is 0. The molecule has 1 aliphatic rings. The molecule has 1 saturated heterocycles. The van der Waals surface area contributed by atoms with Crippen LogP contribution in [0.1, 0.15) is 32.3 Å². The largest absolute Gasteiger partial charge is 0.496 e. The van der Waals surface area contributed by atoms with E-state index in [0.717, 1.165) is 38.1 Å². The van der Waals surface area contributed by atoms with Crippen LogP contribution in [-0.4, -0.2) is 43.1 Å². The molecule has 2 rings (SSSR count). The van der Waals surface area contributed by atoms with Crippen LogP contribution in [0.15, 0.2) is 24.3 Å². The number of para-hydroxylation sites is 1. The molecule has 1 aromatic carbocycles. The maximum absolute atomic E-state index is 11.3. The van der Waals surface area contributed by atoms with E-state index >= 15 is 0 Å². The van der Waals surface area contributed by atoms with Gasteiger partial charge in [0.1, 0.15) is 5.75 Å². The molecule has 1 fully saturated rings. The van der Waals surface area contributed by atoms with Crippen LogP contribution in [0.4, 0.5) is 0 Å². The lowest BCUT2D eigenvalue weighted by Crippen LogP contribution is -2.47. The van der Waals surface area contributed by atoms with Gasteiger partial charge >= 0.3 is 0 Å². The van der Waals surface area contributed by atoms with Crippen LogP contribution in [0.25, 0.3) is 0 Å². The number of hydrogen-bond donors (Lipinski definition) is 1. The minimum atomic E-state index is 0.190. The Kier molecular flexibility index (Phi) is 5.62. The molecular formula is C17H26N2O2. The number of benzene rings is 1. The van der Waals surface area contributed by atoms with E-state index in [1.165, 1.54) is 5.56 Å². The van der Waals surface area contributed by atoms with Crippen molar-refractivity contribution in [2.45, 2.75) is 45.2 Å². The minimum Gasteiger partial charge on any atom is -0.496 e. The fraction of sp³-hybridized carbons (Fsp3) is 0.588. The zero-order valence-electron chi connectivity index (χ0n) is 13.3. The lowest BCUT2D eigenvalue weighted by molar-refractivity contribution is -0.129. The third-order valence-electron chi connectivity index (χ3n) is 4.18. The number of carbonyl (C=O) groups is 1. The Hall–Kier alpha value is -1.55. The second-order valence-electron chi connectivity index (χ2n) is 5.86. The number of piperidine rings is 1. The summed E-state index contributed by atoms with van der Waals surface area (Å²) in [6.07, 6.45) is 3.03. The van der Waals surface area contributed by atoms with Crippen LogP contribution >= 0.6 is 0 Å². The lowest BCUT2D eigenvalue weighted by Gasteiger charge is -2.33. The fourth-order valence-corrected chi connectivity index (χ4v) is 3.02. The third-order valence-corrected chi connectivity index (χ3v) is 4.18. The van der Waals surface area contributed by atoms with Crippen LogP contribution < -0.4 is 10.1 Å². The molecule has 0 saturated carbocycles. The molecule has 1 unspecified atom stereocenters. The maximum Gasteiger partial charge on any atom is 0.219 e. The number of hydrogen-bond acceptors (Lipinski definition) is 3. The third kappa shape index (κ3) is 4.46. The number of amides is 1. The van der Waals surface area contributed by atoms with Crippen molar-refractivity contribution >= 4 is 5.91 Å². The second-order valence-corrected chi connectivity index (χ2v) is 5.86. The topological polar surface area (TPSA) is 41.6 Å². The molecule has 1 aromatic rings. The monoisotopic (exact) mass is 290 g/mol. The Bertz CT molecular complexity index is 468. The second kappa shape index (κ2) is 7.46. The van der Waals surface area contributed by atoms with Crippen molar-refractivity contribution in [3.05, 3.63) is 29.8 Å². The number of carbonyl (C=O) groups excluding carboxylic acids is 1. The summed E-state index contributed by atoms with van der Waals surface area (Å²) in [6, 6.07) is 9.08. The molecule has 21 heavy (non-hydrogen) atoms. The van der Waals surface area contributed by atoms with Gasteiger partial charge in [-0.05, 0) is 37.8 Å². The molecule has 1 amide bonds. The van der Waals surface area contributed by atoms with Crippen molar-refractivity contribution in [1.29, 1.82) is 0 Å². The summed E-state index contributed by atoms with van der Waals surface area (Å²) in [7, 11) is 1.72. The Morgan fingerprint density at radius 3 is 2.67 bits per heavy atom. The standard InChI is InChI=1S/C17H26N2O2/c1-13(12-15-6-4-5-7-17(15)21-3)18-16-8-10-19(11-9-16)14(2)20/h4-7,13,16,18H,8-12H2,1-3H3. The van der Waals surface area contributed by atoms with Gasteiger partial charge in [-0.1, -0.05) is 18.2 Å². The number of nitrogens with one attached hydrogen (secondary N) is 1. The molecule has 1 aliphatic heterocycles. The average Bonchev–Trinajstić information content (AvgIpc) is 2.48.